The molecule has 2 aromatic rings. The van der Waals surface area contributed by atoms with Gasteiger partial charge in [-0.3, -0.25) is 4.79 Å². The minimum absolute atomic E-state index is 0.00420. The van der Waals surface area contributed by atoms with Crippen LogP contribution in [-0.4, -0.2) is 23.4 Å². The Labute approximate surface area is 115 Å². The lowest BCUT2D eigenvalue weighted by molar-refractivity contribution is 0.0761. The summed E-state index contributed by atoms with van der Waals surface area (Å²) in [4.78, 5) is 25.8. The number of carbonyl (C=O) groups excluding carboxylic acids is 1. The molecule has 0 atom stereocenters. The highest BCUT2D eigenvalue weighted by Crippen LogP contribution is 2.27. The second kappa shape index (κ2) is 4.82. The first kappa shape index (κ1) is 12.4. The largest absolute Gasteiger partial charge is 0.422 e. The molecule has 0 unspecified atom stereocenters. The summed E-state index contributed by atoms with van der Waals surface area (Å²) < 4.78 is 5.16. The Balaban J connectivity index is 2.04. The summed E-state index contributed by atoms with van der Waals surface area (Å²) in [5, 5.41) is 9.50. The zero-order chi connectivity index (χ0) is 14.1. The van der Waals surface area contributed by atoms with Crippen LogP contribution in [0.4, 0.5) is 0 Å². The molecule has 5 nitrogen and oxygen atoms in total. The monoisotopic (exact) mass is 268 g/mol. The van der Waals surface area contributed by atoms with Crippen molar-refractivity contribution in [1.29, 1.82) is 5.26 Å². The molecule has 0 N–H and O–H groups in total. The number of hydrogen-bond donors (Lipinski definition) is 0. The van der Waals surface area contributed by atoms with Gasteiger partial charge in [0.15, 0.2) is 0 Å². The van der Waals surface area contributed by atoms with E-state index in [0.717, 1.165) is 12.8 Å². The van der Waals surface area contributed by atoms with Crippen LogP contribution in [0.2, 0.25) is 0 Å². The fourth-order valence-electron chi connectivity index (χ4n) is 2.19. The first-order valence-corrected chi connectivity index (χ1v) is 6.41. The van der Waals surface area contributed by atoms with Crippen molar-refractivity contribution in [2.24, 2.45) is 0 Å². The van der Waals surface area contributed by atoms with Crippen LogP contribution >= 0.6 is 0 Å². The normalized spacial score (nSPS) is 13.9. The van der Waals surface area contributed by atoms with Crippen LogP contribution in [0.5, 0.6) is 0 Å². The van der Waals surface area contributed by atoms with Gasteiger partial charge in [-0.1, -0.05) is 18.2 Å². The maximum Gasteiger partial charge on any atom is 0.349 e. The number of carbonyl (C=O) groups is 1. The standard InChI is InChI=1S/C15H12N2O3/c16-7-8-17(11-5-6-11)14(18)12-9-10-3-1-2-4-13(10)20-15(12)19/h1-4,9,11H,5-6,8H2. The molecule has 0 spiro atoms. The maximum atomic E-state index is 12.4. The maximum absolute atomic E-state index is 12.4. The van der Waals surface area contributed by atoms with Gasteiger partial charge >= 0.3 is 5.63 Å². The summed E-state index contributed by atoms with van der Waals surface area (Å²) in [6.07, 6.45) is 1.76. The molecule has 1 aliphatic rings. The van der Waals surface area contributed by atoms with Crippen LogP contribution in [-0.2, 0) is 0 Å². The lowest BCUT2D eigenvalue weighted by Gasteiger charge is -2.18. The van der Waals surface area contributed by atoms with Crippen molar-refractivity contribution in [2.75, 3.05) is 6.54 Å². The lowest BCUT2D eigenvalue weighted by atomic mass is 10.1. The van der Waals surface area contributed by atoms with E-state index in [0.29, 0.717) is 11.0 Å². The molecule has 1 heterocycles. The number of fused-ring (bicyclic) bond motifs is 1. The van der Waals surface area contributed by atoms with E-state index in [1.54, 1.807) is 18.2 Å². The minimum Gasteiger partial charge on any atom is -0.422 e. The first-order chi connectivity index (χ1) is 9.70. The summed E-state index contributed by atoms with van der Waals surface area (Å²) in [7, 11) is 0. The van der Waals surface area contributed by atoms with Gasteiger partial charge in [-0.2, -0.15) is 5.26 Å². The van der Waals surface area contributed by atoms with Gasteiger partial charge in [0, 0.05) is 11.4 Å². The minimum atomic E-state index is -0.655. The van der Waals surface area contributed by atoms with E-state index in [1.807, 2.05) is 12.1 Å². The van der Waals surface area contributed by atoms with Crippen molar-refractivity contribution in [1.82, 2.24) is 4.90 Å². The van der Waals surface area contributed by atoms with Crippen molar-refractivity contribution in [2.45, 2.75) is 18.9 Å². The molecule has 5 heteroatoms. The van der Waals surface area contributed by atoms with Crippen LogP contribution in [0.1, 0.15) is 23.2 Å². The van der Waals surface area contributed by atoms with Crippen molar-refractivity contribution in [3.05, 3.63) is 46.3 Å². The molecule has 100 valence electrons. The summed E-state index contributed by atoms with van der Waals surface area (Å²) in [5.74, 6) is -0.423. The highest BCUT2D eigenvalue weighted by atomic mass is 16.4. The van der Waals surface area contributed by atoms with E-state index in [2.05, 4.69) is 0 Å². The zero-order valence-corrected chi connectivity index (χ0v) is 10.7. The number of para-hydroxylation sites is 1. The predicted molar refractivity (Wildman–Crippen MR) is 72.2 cm³/mol. The fourth-order valence-corrected chi connectivity index (χ4v) is 2.19. The van der Waals surface area contributed by atoms with Gasteiger partial charge in [-0.15, -0.1) is 0 Å². The van der Waals surface area contributed by atoms with Gasteiger partial charge in [0.2, 0.25) is 0 Å². The highest BCUT2D eigenvalue weighted by Gasteiger charge is 2.34. The Hall–Kier alpha value is -2.61. The molecular weight excluding hydrogens is 256 g/mol. The average molecular weight is 268 g/mol. The van der Waals surface area contributed by atoms with E-state index in [1.165, 1.54) is 11.0 Å². The van der Waals surface area contributed by atoms with Crippen molar-refractivity contribution >= 4 is 16.9 Å². The molecule has 3 rings (SSSR count). The number of amides is 1. The highest BCUT2D eigenvalue weighted by molar-refractivity contribution is 5.97. The molecule has 0 aliphatic heterocycles. The average Bonchev–Trinajstić information content (AvgIpc) is 3.28. The van der Waals surface area contributed by atoms with Gasteiger partial charge < -0.3 is 9.32 Å². The summed E-state index contributed by atoms with van der Waals surface area (Å²) in [5.41, 5.74) is -0.213. The number of hydrogen-bond acceptors (Lipinski definition) is 4. The fraction of sp³-hybridized carbons (Fsp3) is 0.267. The van der Waals surface area contributed by atoms with E-state index in [4.69, 9.17) is 9.68 Å². The third-order valence-electron chi connectivity index (χ3n) is 3.36. The summed E-state index contributed by atoms with van der Waals surface area (Å²) in [6, 6.07) is 10.6. The molecule has 20 heavy (non-hydrogen) atoms. The predicted octanol–water partition coefficient (Wildman–Crippen LogP) is 1.92. The molecule has 0 saturated heterocycles. The van der Waals surface area contributed by atoms with Gasteiger partial charge in [0.1, 0.15) is 17.7 Å². The topological polar surface area (TPSA) is 74.3 Å². The van der Waals surface area contributed by atoms with Crippen LogP contribution < -0.4 is 5.63 Å². The van der Waals surface area contributed by atoms with Crippen LogP contribution in [0.25, 0.3) is 11.0 Å². The van der Waals surface area contributed by atoms with Gasteiger partial charge in [-0.25, -0.2) is 4.79 Å². The lowest BCUT2D eigenvalue weighted by Crippen LogP contribution is -2.36. The van der Waals surface area contributed by atoms with E-state index in [9.17, 15) is 9.59 Å². The molecule has 1 aromatic carbocycles. The number of rotatable bonds is 3. The number of nitrogens with zero attached hydrogens (tertiary/aromatic N) is 2. The molecule has 1 saturated carbocycles. The number of nitriles is 1. The first-order valence-electron chi connectivity index (χ1n) is 6.41. The Morgan fingerprint density at radius 1 is 1.40 bits per heavy atom. The van der Waals surface area contributed by atoms with Crippen LogP contribution in [0, 0.1) is 11.3 Å². The van der Waals surface area contributed by atoms with Crippen molar-refractivity contribution in [3.8, 4) is 6.07 Å². The van der Waals surface area contributed by atoms with E-state index in [-0.39, 0.29) is 18.2 Å². The molecule has 0 radical (unpaired) electrons. The second-order valence-corrected chi connectivity index (χ2v) is 4.81. The summed E-state index contributed by atoms with van der Waals surface area (Å²) in [6.45, 7) is -0.00420. The van der Waals surface area contributed by atoms with Gasteiger partial charge in [0.25, 0.3) is 5.91 Å². The Bertz CT molecular complexity index is 769. The van der Waals surface area contributed by atoms with E-state index >= 15 is 0 Å². The molecule has 1 aromatic heterocycles. The van der Waals surface area contributed by atoms with Crippen molar-refractivity contribution < 1.29 is 9.21 Å². The molecular formula is C15H12N2O3. The molecule has 1 aliphatic carbocycles. The zero-order valence-electron chi connectivity index (χ0n) is 10.7. The molecule has 1 amide bonds. The van der Waals surface area contributed by atoms with E-state index < -0.39 is 11.5 Å². The van der Waals surface area contributed by atoms with Crippen LogP contribution in [0.3, 0.4) is 0 Å². The van der Waals surface area contributed by atoms with Gasteiger partial charge in [-0.05, 0) is 25.0 Å². The number of benzene rings is 1. The third kappa shape index (κ3) is 2.16. The molecule has 0 bridgehead atoms. The smallest absolute Gasteiger partial charge is 0.349 e. The quantitative estimate of drug-likeness (QED) is 0.629. The van der Waals surface area contributed by atoms with Gasteiger partial charge in [0.05, 0.1) is 6.07 Å². The second-order valence-electron chi connectivity index (χ2n) is 4.81. The Morgan fingerprint density at radius 2 is 2.15 bits per heavy atom. The Kier molecular flexibility index (Phi) is 2.99. The van der Waals surface area contributed by atoms with Crippen molar-refractivity contribution in [3.63, 3.8) is 0 Å². The van der Waals surface area contributed by atoms with Crippen LogP contribution in [0.15, 0.2) is 39.5 Å². The Morgan fingerprint density at radius 3 is 2.85 bits per heavy atom. The summed E-state index contributed by atoms with van der Waals surface area (Å²) >= 11 is 0. The molecule has 1 fully saturated rings. The third-order valence-corrected chi connectivity index (χ3v) is 3.36. The SMILES string of the molecule is N#CCN(C(=O)c1cc2ccccc2oc1=O)C1CC1.